The third kappa shape index (κ3) is 4.07. The number of carbonyl (C=O) groups excluding carboxylic acids is 1. The molecule has 120 valence electrons. The van der Waals surface area contributed by atoms with Crippen molar-refractivity contribution in [2.45, 2.75) is 25.6 Å². The second kappa shape index (κ2) is 7.24. The molecule has 0 spiro atoms. The first-order chi connectivity index (χ1) is 11.2. The number of amides is 1. The second-order valence-corrected chi connectivity index (χ2v) is 5.73. The number of nitrogens with zero attached hydrogens (tertiary/aromatic N) is 2. The molecule has 1 aliphatic heterocycles. The summed E-state index contributed by atoms with van der Waals surface area (Å²) in [5.41, 5.74) is 1.72. The van der Waals surface area contributed by atoms with Crippen LogP contribution < -0.4 is 4.73 Å². The third-order valence-corrected chi connectivity index (χ3v) is 4.11. The topological polar surface area (TPSA) is 56.5 Å². The zero-order valence-corrected chi connectivity index (χ0v) is 12.9. The lowest BCUT2D eigenvalue weighted by Gasteiger charge is -2.32. The van der Waals surface area contributed by atoms with Gasteiger partial charge in [-0.25, -0.2) is 0 Å². The van der Waals surface area contributed by atoms with Crippen molar-refractivity contribution in [2.24, 2.45) is 0 Å². The first kappa shape index (κ1) is 15.5. The normalized spacial score (nSPS) is 15.6. The maximum atomic E-state index is 12.4. The first-order valence-electron chi connectivity index (χ1n) is 7.86. The summed E-state index contributed by atoms with van der Waals surface area (Å²) in [5, 5.41) is 11.0. The summed E-state index contributed by atoms with van der Waals surface area (Å²) in [4.78, 5) is 14.2. The van der Waals surface area contributed by atoms with E-state index in [0.717, 1.165) is 12.8 Å². The van der Waals surface area contributed by atoms with Crippen molar-refractivity contribution in [1.29, 1.82) is 0 Å². The number of hydrogen-bond donors (Lipinski definition) is 0. The van der Waals surface area contributed by atoms with Gasteiger partial charge in [0.05, 0.1) is 18.3 Å². The molecule has 23 heavy (non-hydrogen) atoms. The summed E-state index contributed by atoms with van der Waals surface area (Å²) in [7, 11) is 0. The van der Waals surface area contributed by atoms with Gasteiger partial charge in [-0.15, -0.1) is 0 Å². The molecule has 1 amide bonds. The van der Waals surface area contributed by atoms with Crippen molar-refractivity contribution in [2.75, 3.05) is 13.1 Å². The van der Waals surface area contributed by atoms with Crippen molar-refractivity contribution in [3.63, 3.8) is 0 Å². The van der Waals surface area contributed by atoms with Crippen LogP contribution in [0.25, 0.3) is 0 Å². The highest BCUT2D eigenvalue weighted by Gasteiger charge is 2.24. The average molecular weight is 312 g/mol. The van der Waals surface area contributed by atoms with Crippen LogP contribution in [0.3, 0.4) is 0 Å². The largest absolute Gasteiger partial charge is 0.619 e. The van der Waals surface area contributed by atoms with E-state index in [9.17, 15) is 10.0 Å². The summed E-state index contributed by atoms with van der Waals surface area (Å²) in [6, 6.07) is 13.2. The Labute approximate surface area is 135 Å². The van der Waals surface area contributed by atoms with Crippen LogP contribution in [0.1, 0.15) is 28.8 Å². The fraction of sp³-hybridized carbons (Fsp3) is 0.333. The van der Waals surface area contributed by atoms with Gasteiger partial charge in [0, 0.05) is 25.2 Å². The number of carbonyl (C=O) groups is 1. The molecule has 1 aromatic carbocycles. The molecule has 0 saturated carbocycles. The van der Waals surface area contributed by atoms with Crippen molar-refractivity contribution >= 4 is 5.91 Å². The Morgan fingerprint density at radius 1 is 1.13 bits per heavy atom. The highest BCUT2D eigenvalue weighted by molar-refractivity contribution is 5.94. The van der Waals surface area contributed by atoms with Gasteiger partial charge in [-0.05, 0) is 18.4 Å². The van der Waals surface area contributed by atoms with E-state index in [-0.39, 0.29) is 12.0 Å². The molecule has 3 rings (SSSR count). The maximum absolute atomic E-state index is 12.4. The molecule has 2 heterocycles. The predicted molar refractivity (Wildman–Crippen MR) is 85.6 cm³/mol. The molecule has 1 aliphatic rings. The highest BCUT2D eigenvalue weighted by Crippen LogP contribution is 2.17. The van der Waals surface area contributed by atoms with Crippen molar-refractivity contribution in [3.05, 3.63) is 71.2 Å². The van der Waals surface area contributed by atoms with Gasteiger partial charge < -0.3 is 14.8 Å². The Balaban J connectivity index is 1.48. The summed E-state index contributed by atoms with van der Waals surface area (Å²) in [5.74, 6) is -0.0212. The minimum absolute atomic E-state index is 0.0212. The SMILES string of the molecule is O=C(c1cc[n+]([O-])cc1)N1CCC(OCc2ccccc2)CC1. The quantitative estimate of drug-likeness (QED) is 0.642. The zero-order valence-electron chi connectivity index (χ0n) is 12.9. The maximum Gasteiger partial charge on any atom is 0.254 e. The van der Waals surface area contributed by atoms with Crippen LogP contribution in [0.4, 0.5) is 0 Å². The van der Waals surface area contributed by atoms with Crippen LogP contribution in [0.2, 0.25) is 0 Å². The van der Waals surface area contributed by atoms with E-state index in [1.807, 2.05) is 23.1 Å². The summed E-state index contributed by atoms with van der Waals surface area (Å²) in [6.45, 7) is 1.98. The number of likely N-dealkylation sites (tertiary alicyclic amines) is 1. The van der Waals surface area contributed by atoms with E-state index in [1.165, 1.54) is 18.0 Å². The third-order valence-electron chi connectivity index (χ3n) is 4.11. The van der Waals surface area contributed by atoms with Crippen LogP contribution in [-0.4, -0.2) is 30.0 Å². The highest BCUT2D eigenvalue weighted by atomic mass is 16.5. The minimum Gasteiger partial charge on any atom is -0.619 e. The monoisotopic (exact) mass is 312 g/mol. The van der Waals surface area contributed by atoms with E-state index >= 15 is 0 Å². The zero-order chi connectivity index (χ0) is 16.1. The lowest BCUT2D eigenvalue weighted by Crippen LogP contribution is -2.41. The Morgan fingerprint density at radius 2 is 1.78 bits per heavy atom. The predicted octanol–water partition coefficient (Wildman–Crippen LogP) is 2.14. The Hall–Kier alpha value is -2.40. The first-order valence-corrected chi connectivity index (χ1v) is 7.86. The van der Waals surface area contributed by atoms with Crippen LogP contribution in [0.5, 0.6) is 0 Å². The van der Waals surface area contributed by atoms with E-state index in [4.69, 9.17) is 4.74 Å². The fourth-order valence-corrected chi connectivity index (χ4v) is 2.75. The molecule has 0 aliphatic carbocycles. The van der Waals surface area contributed by atoms with Gasteiger partial charge in [0.1, 0.15) is 0 Å². The van der Waals surface area contributed by atoms with Gasteiger partial charge in [0.15, 0.2) is 12.4 Å². The van der Waals surface area contributed by atoms with Crippen molar-refractivity contribution in [3.8, 4) is 0 Å². The Morgan fingerprint density at radius 3 is 2.43 bits per heavy atom. The van der Waals surface area contributed by atoms with E-state index in [1.54, 1.807) is 12.1 Å². The minimum atomic E-state index is -0.0212. The number of rotatable bonds is 4. The molecular weight excluding hydrogens is 292 g/mol. The lowest BCUT2D eigenvalue weighted by molar-refractivity contribution is -0.605. The second-order valence-electron chi connectivity index (χ2n) is 5.73. The smallest absolute Gasteiger partial charge is 0.254 e. The lowest BCUT2D eigenvalue weighted by atomic mass is 10.1. The average Bonchev–Trinajstić information content (AvgIpc) is 2.61. The van der Waals surface area contributed by atoms with Crippen LogP contribution in [0, 0.1) is 5.21 Å². The molecule has 0 N–H and O–H groups in total. The summed E-state index contributed by atoms with van der Waals surface area (Å²) < 4.78 is 6.62. The number of hydrogen-bond acceptors (Lipinski definition) is 3. The van der Waals surface area contributed by atoms with Gasteiger partial charge in [-0.1, -0.05) is 30.3 Å². The van der Waals surface area contributed by atoms with E-state index in [0.29, 0.717) is 30.0 Å². The van der Waals surface area contributed by atoms with Gasteiger partial charge in [0.25, 0.3) is 5.91 Å². The molecule has 1 fully saturated rings. The molecule has 2 aromatic rings. The fourth-order valence-electron chi connectivity index (χ4n) is 2.75. The van der Waals surface area contributed by atoms with Gasteiger partial charge in [-0.3, -0.25) is 4.79 Å². The van der Waals surface area contributed by atoms with E-state index < -0.39 is 0 Å². The number of pyridine rings is 1. The van der Waals surface area contributed by atoms with Crippen molar-refractivity contribution < 1.29 is 14.3 Å². The number of piperidine rings is 1. The van der Waals surface area contributed by atoms with Crippen molar-refractivity contribution in [1.82, 2.24) is 4.90 Å². The van der Waals surface area contributed by atoms with Gasteiger partial charge >= 0.3 is 0 Å². The Kier molecular flexibility index (Phi) is 4.88. The van der Waals surface area contributed by atoms with Gasteiger partial charge in [0.2, 0.25) is 0 Å². The molecular formula is C18H20N2O3. The van der Waals surface area contributed by atoms with Gasteiger partial charge in [-0.2, -0.15) is 4.73 Å². The molecule has 5 nitrogen and oxygen atoms in total. The molecule has 0 radical (unpaired) electrons. The van der Waals surface area contributed by atoms with Crippen LogP contribution >= 0.6 is 0 Å². The Bertz CT molecular complexity index is 635. The molecule has 0 bridgehead atoms. The molecule has 1 aromatic heterocycles. The number of benzene rings is 1. The van der Waals surface area contributed by atoms with Crippen LogP contribution in [-0.2, 0) is 11.3 Å². The van der Waals surface area contributed by atoms with Crippen LogP contribution in [0.15, 0.2) is 54.9 Å². The summed E-state index contributed by atoms with van der Waals surface area (Å²) in [6.07, 6.45) is 4.57. The molecule has 0 atom stereocenters. The molecule has 1 saturated heterocycles. The number of aromatic nitrogens is 1. The summed E-state index contributed by atoms with van der Waals surface area (Å²) >= 11 is 0. The molecule has 0 unspecified atom stereocenters. The molecule has 5 heteroatoms. The number of ether oxygens (including phenoxy) is 1. The standard InChI is InChI=1S/C18H20N2O3/c21-18(16-6-12-20(22)13-7-16)19-10-8-17(9-11-19)23-14-15-4-2-1-3-5-15/h1-7,12-13,17H,8-11,14H2. The van der Waals surface area contributed by atoms with E-state index in [2.05, 4.69) is 12.1 Å².